The summed E-state index contributed by atoms with van der Waals surface area (Å²) in [4.78, 5) is 14.6. The molecule has 0 atom stereocenters. The van der Waals surface area contributed by atoms with Gasteiger partial charge in [-0.25, -0.2) is 0 Å². The molecule has 3 rings (SSSR count). The Morgan fingerprint density at radius 2 is 1.74 bits per heavy atom. The van der Waals surface area contributed by atoms with Crippen LogP contribution >= 0.6 is 11.6 Å². The molecule has 0 saturated carbocycles. The Hall–Kier alpha value is -2.33. The number of halogens is 1. The fourth-order valence-electron chi connectivity index (χ4n) is 3.23. The van der Waals surface area contributed by atoms with Crippen LogP contribution in [0.3, 0.4) is 0 Å². The van der Waals surface area contributed by atoms with E-state index >= 15 is 0 Å². The van der Waals surface area contributed by atoms with Crippen LogP contribution in [0.25, 0.3) is 0 Å². The van der Waals surface area contributed by atoms with Crippen molar-refractivity contribution in [2.75, 3.05) is 47.4 Å². The Balaban J connectivity index is 1.67. The van der Waals surface area contributed by atoms with E-state index in [4.69, 9.17) is 21.1 Å². The van der Waals surface area contributed by atoms with Gasteiger partial charge in [-0.15, -0.1) is 0 Å². The van der Waals surface area contributed by atoms with Crippen LogP contribution in [-0.4, -0.2) is 75.2 Å². The predicted octanol–water partition coefficient (Wildman–Crippen LogP) is 2.49. The molecule has 0 aromatic heterocycles. The lowest BCUT2D eigenvalue weighted by atomic mass is 10.1. The number of amides is 1. The highest BCUT2D eigenvalue weighted by Gasteiger charge is 2.30. The third-order valence-electron chi connectivity index (χ3n) is 5.07. The van der Waals surface area contributed by atoms with E-state index in [1.807, 2.05) is 18.2 Å². The van der Waals surface area contributed by atoms with Crippen LogP contribution in [0.5, 0.6) is 11.5 Å². The van der Waals surface area contributed by atoms with Gasteiger partial charge in [-0.1, -0.05) is 29.8 Å². The highest BCUT2D eigenvalue weighted by Crippen LogP contribution is 2.30. The number of hydrogen-bond donors (Lipinski definition) is 0. The first-order chi connectivity index (χ1) is 14.7. The van der Waals surface area contributed by atoms with Crippen molar-refractivity contribution in [2.24, 2.45) is 0 Å². The van der Waals surface area contributed by atoms with Gasteiger partial charge in [-0.2, -0.15) is 17.0 Å². The fraction of sp³-hybridized carbons (Fsp3) is 0.381. The molecule has 168 valence electrons. The van der Waals surface area contributed by atoms with Crippen LogP contribution in [0.15, 0.2) is 42.5 Å². The van der Waals surface area contributed by atoms with Gasteiger partial charge in [0.1, 0.15) is 6.61 Å². The Labute approximate surface area is 188 Å². The molecule has 0 spiro atoms. The van der Waals surface area contributed by atoms with Gasteiger partial charge in [0.25, 0.3) is 16.1 Å². The highest BCUT2D eigenvalue weighted by atomic mass is 35.5. The summed E-state index contributed by atoms with van der Waals surface area (Å²) in [6.45, 7) is 1.41. The zero-order valence-electron chi connectivity index (χ0n) is 17.7. The molecule has 2 aromatic carbocycles. The first-order valence-electron chi connectivity index (χ1n) is 9.75. The molecule has 1 heterocycles. The quantitative estimate of drug-likeness (QED) is 0.625. The van der Waals surface area contributed by atoms with Crippen molar-refractivity contribution in [1.29, 1.82) is 0 Å². The minimum atomic E-state index is -3.48. The number of carbonyl (C=O) groups is 1. The Morgan fingerprint density at radius 1 is 1.06 bits per heavy atom. The number of rotatable bonds is 7. The average Bonchev–Trinajstić information content (AvgIpc) is 2.78. The van der Waals surface area contributed by atoms with Crippen LogP contribution < -0.4 is 9.47 Å². The summed E-state index contributed by atoms with van der Waals surface area (Å²) in [6.07, 6.45) is 0. The molecule has 1 saturated heterocycles. The molecule has 1 aliphatic rings. The fourth-order valence-corrected chi connectivity index (χ4v) is 4.50. The van der Waals surface area contributed by atoms with Crippen molar-refractivity contribution in [3.63, 3.8) is 0 Å². The largest absolute Gasteiger partial charge is 0.493 e. The standard InChI is InChI=1S/C21H26ClN3O5S/c1-23(2)31(27,28)25-12-10-24(11-13-25)21(26)16-8-9-19(20(14-16)29-3)30-15-17-6-4-5-7-18(17)22/h4-9,14H,10-13,15H2,1-3H3. The number of benzene rings is 2. The summed E-state index contributed by atoms with van der Waals surface area (Å²) in [7, 11) is 1.02. The molecule has 1 amide bonds. The molecule has 8 nitrogen and oxygen atoms in total. The molecule has 2 aromatic rings. The van der Waals surface area contributed by atoms with Gasteiger partial charge >= 0.3 is 0 Å². The Kier molecular flexibility index (Phi) is 7.42. The van der Waals surface area contributed by atoms with Crippen LogP contribution in [0.1, 0.15) is 15.9 Å². The molecule has 0 bridgehead atoms. The van der Waals surface area contributed by atoms with E-state index in [2.05, 4.69) is 0 Å². The Bertz CT molecular complexity index is 1040. The van der Waals surface area contributed by atoms with Crippen molar-refractivity contribution >= 4 is 27.7 Å². The van der Waals surface area contributed by atoms with Crippen molar-refractivity contribution in [1.82, 2.24) is 13.5 Å². The molecule has 0 radical (unpaired) electrons. The number of methoxy groups -OCH3 is 1. The van der Waals surface area contributed by atoms with Gasteiger partial charge < -0.3 is 14.4 Å². The first kappa shape index (κ1) is 23.3. The molecule has 0 N–H and O–H groups in total. The topological polar surface area (TPSA) is 79.4 Å². The van der Waals surface area contributed by atoms with Crippen LogP contribution in [-0.2, 0) is 16.8 Å². The average molecular weight is 468 g/mol. The van der Waals surface area contributed by atoms with Crippen LogP contribution in [0.4, 0.5) is 0 Å². The summed E-state index contributed by atoms with van der Waals surface area (Å²) >= 11 is 6.17. The maximum Gasteiger partial charge on any atom is 0.281 e. The normalized spacial score (nSPS) is 15.2. The molecule has 0 aliphatic carbocycles. The van der Waals surface area contributed by atoms with Crippen LogP contribution in [0, 0.1) is 0 Å². The molecule has 1 fully saturated rings. The molecular weight excluding hydrogens is 442 g/mol. The zero-order chi connectivity index (χ0) is 22.6. The van der Waals surface area contributed by atoms with Crippen molar-refractivity contribution in [2.45, 2.75) is 6.61 Å². The maximum atomic E-state index is 12.9. The molecular formula is C21H26ClN3O5S. The number of hydrogen-bond acceptors (Lipinski definition) is 5. The van der Waals surface area contributed by atoms with Gasteiger partial charge in [0, 0.05) is 56.4 Å². The lowest BCUT2D eigenvalue weighted by Gasteiger charge is -2.35. The predicted molar refractivity (Wildman–Crippen MR) is 119 cm³/mol. The summed E-state index contributed by atoms with van der Waals surface area (Å²) in [5, 5.41) is 0.615. The van der Waals surface area contributed by atoms with Crippen molar-refractivity contribution in [3.8, 4) is 11.5 Å². The monoisotopic (exact) mass is 467 g/mol. The molecule has 1 aliphatic heterocycles. The smallest absolute Gasteiger partial charge is 0.281 e. The van der Waals surface area contributed by atoms with Crippen molar-refractivity contribution in [3.05, 3.63) is 58.6 Å². The second kappa shape index (κ2) is 9.86. The maximum absolute atomic E-state index is 12.9. The number of nitrogens with zero attached hydrogens (tertiary/aromatic N) is 3. The van der Waals surface area contributed by atoms with E-state index < -0.39 is 10.2 Å². The third-order valence-corrected chi connectivity index (χ3v) is 7.37. The van der Waals surface area contributed by atoms with Gasteiger partial charge in [-0.3, -0.25) is 4.79 Å². The highest BCUT2D eigenvalue weighted by molar-refractivity contribution is 7.86. The third kappa shape index (κ3) is 5.30. The summed E-state index contributed by atoms with van der Waals surface area (Å²) < 4.78 is 38.3. The second-order valence-electron chi connectivity index (χ2n) is 7.23. The van der Waals surface area contributed by atoms with Crippen molar-refractivity contribution < 1.29 is 22.7 Å². The summed E-state index contributed by atoms with van der Waals surface area (Å²) in [5.41, 5.74) is 1.29. The lowest BCUT2D eigenvalue weighted by molar-refractivity contribution is 0.0694. The molecule has 10 heteroatoms. The van der Waals surface area contributed by atoms with E-state index in [1.54, 1.807) is 29.2 Å². The minimum Gasteiger partial charge on any atom is -0.493 e. The van der Waals surface area contributed by atoms with Crippen LogP contribution in [0.2, 0.25) is 5.02 Å². The zero-order valence-corrected chi connectivity index (χ0v) is 19.3. The van der Waals surface area contributed by atoms with E-state index in [0.29, 0.717) is 35.2 Å². The van der Waals surface area contributed by atoms with Gasteiger partial charge in [0.15, 0.2) is 11.5 Å². The number of carbonyl (C=O) groups excluding carboxylic acids is 1. The number of piperazine rings is 1. The molecule has 31 heavy (non-hydrogen) atoms. The SMILES string of the molecule is COc1cc(C(=O)N2CCN(S(=O)(=O)N(C)C)CC2)ccc1OCc1ccccc1Cl. The minimum absolute atomic E-state index is 0.183. The second-order valence-corrected chi connectivity index (χ2v) is 9.78. The number of ether oxygens (including phenoxy) is 2. The lowest BCUT2D eigenvalue weighted by Crippen LogP contribution is -2.53. The summed E-state index contributed by atoms with van der Waals surface area (Å²) in [5.74, 6) is 0.755. The van der Waals surface area contributed by atoms with E-state index in [9.17, 15) is 13.2 Å². The van der Waals surface area contributed by atoms with Gasteiger partial charge in [-0.05, 0) is 24.3 Å². The first-order valence-corrected chi connectivity index (χ1v) is 11.5. The van der Waals surface area contributed by atoms with Gasteiger partial charge in [0.2, 0.25) is 0 Å². The summed E-state index contributed by atoms with van der Waals surface area (Å²) in [6, 6.07) is 12.4. The van der Waals surface area contributed by atoms with E-state index in [0.717, 1.165) is 5.56 Å². The van der Waals surface area contributed by atoms with E-state index in [1.165, 1.54) is 29.8 Å². The molecule has 0 unspecified atom stereocenters. The van der Waals surface area contributed by atoms with Gasteiger partial charge in [0.05, 0.1) is 7.11 Å². The Morgan fingerprint density at radius 3 is 2.35 bits per heavy atom. The van der Waals surface area contributed by atoms with E-state index in [-0.39, 0.29) is 25.6 Å².